The quantitative estimate of drug-likeness (QED) is 0.829. The maximum absolute atomic E-state index is 11.0. The Balaban J connectivity index is 2.72. The average molecular weight is 209 g/mol. The highest BCUT2D eigenvalue weighted by Gasteiger charge is 2.09. The molecule has 1 aromatic carbocycles. The second-order valence-electron chi connectivity index (χ2n) is 3.13. The van der Waals surface area contributed by atoms with Crippen molar-refractivity contribution in [1.82, 2.24) is 5.32 Å². The van der Waals surface area contributed by atoms with E-state index in [2.05, 4.69) is 10.1 Å². The second kappa shape index (κ2) is 5.24. The molecule has 0 fully saturated rings. The highest BCUT2D eigenvalue weighted by atomic mass is 16.5. The number of hydrogen-bond donors (Lipinski definition) is 1. The first kappa shape index (κ1) is 11.4. The van der Waals surface area contributed by atoms with Crippen molar-refractivity contribution in [2.75, 3.05) is 14.2 Å². The Morgan fingerprint density at radius 2 is 2.13 bits per heavy atom. The van der Waals surface area contributed by atoms with Gasteiger partial charge in [-0.15, -0.1) is 0 Å². The number of benzene rings is 1. The summed E-state index contributed by atoms with van der Waals surface area (Å²) in [6.07, 6.45) is -0.440. The van der Waals surface area contributed by atoms with Crippen LogP contribution in [0.5, 0.6) is 5.75 Å². The van der Waals surface area contributed by atoms with Crippen molar-refractivity contribution in [3.05, 3.63) is 29.8 Å². The minimum Gasteiger partial charge on any atom is -0.497 e. The molecule has 0 unspecified atom stereocenters. The molecule has 1 amide bonds. The van der Waals surface area contributed by atoms with Crippen molar-refractivity contribution in [2.24, 2.45) is 0 Å². The lowest BCUT2D eigenvalue weighted by molar-refractivity contribution is 0.167. The third-order valence-corrected chi connectivity index (χ3v) is 2.11. The predicted octanol–water partition coefficient (Wildman–Crippen LogP) is 2.11. The van der Waals surface area contributed by atoms with Gasteiger partial charge in [-0.25, -0.2) is 4.79 Å². The van der Waals surface area contributed by atoms with Crippen LogP contribution < -0.4 is 10.1 Å². The SMILES string of the molecule is COC(=O)N[C@@H](C)c1cccc(OC)c1. The molecule has 0 aliphatic rings. The first-order valence-electron chi connectivity index (χ1n) is 4.65. The van der Waals surface area contributed by atoms with Crippen molar-refractivity contribution >= 4 is 6.09 Å². The van der Waals surface area contributed by atoms with Crippen LogP contribution in [0.3, 0.4) is 0 Å². The molecule has 0 spiro atoms. The normalized spacial score (nSPS) is 11.7. The van der Waals surface area contributed by atoms with Gasteiger partial charge in [0, 0.05) is 0 Å². The number of nitrogens with one attached hydrogen (secondary N) is 1. The first-order valence-corrected chi connectivity index (χ1v) is 4.65. The van der Waals surface area contributed by atoms with Gasteiger partial charge in [0.15, 0.2) is 0 Å². The first-order chi connectivity index (χ1) is 7.17. The van der Waals surface area contributed by atoms with Gasteiger partial charge in [-0.3, -0.25) is 0 Å². The fraction of sp³-hybridized carbons (Fsp3) is 0.364. The number of carbonyl (C=O) groups is 1. The van der Waals surface area contributed by atoms with E-state index in [0.717, 1.165) is 11.3 Å². The Morgan fingerprint density at radius 1 is 1.40 bits per heavy atom. The van der Waals surface area contributed by atoms with Crippen LogP contribution >= 0.6 is 0 Å². The van der Waals surface area contributed by atoms with E-state index < -0.39 is 6.09 Å². The number of carbonyl (C=O) groups excluding carboxylic acids is 1. The molecule has 4 heteroatoms. The number of amides is 1. The fourth-order valence-electron chi connectivity index (χ4n) is 1.23. The van der Waals surface area contributed by atoms with Gasteiger partial charge in [-0.1, -0.05) is 12.1 Å². The summed E-state index contributed by atoms with van der Waals surface area (Å²) >= 11 is 0. The van der Waals surface area contributed by atoms with E-state index in [1.165, 1.54) is 7.11 Å². The fourth-order valence-corrected chi connectivity index (χ4v) is 1.23. The van der Waals surface area contributed by atoms with E-state index in [-0.39, 0.29) is 6.04 Å². The summed E-state index contributed by atoms with van der Waals surface area (Å²) in [5, 5.41) is 2.68. The summed E-state index contributed by atoms with van der Waals surface area (Å²) in [4.78, 5) is 11.0. The largest absolute Gasteiger partial charge is 0.497 e. The smallest absolute Gasteiger partial charge is 0.407 e. The van der Waals surface area contributed by atoms with Gasteiger partial charge in [-0.2, -0.15) is 0 Å². The standard InChI is InChI=1S/C11H15NO3/c1-8(12-11(13)15-3)9-5-4-6-10(7-9)14-2/h4-8H,1-3H3,(H,12,13)/t8-/m0/s1. The van der Waals surface area contributed by atoms with Gasteiger partial charge in [0.25, 0.3) is 0 Å². The van der Waals surface area contributed by atoms with Crippen LogP contribution in [0.1, 0.15) is 18.5 Å². The lowest BCUT2D eigenvalue weighted by Gasteiger charge is -2.13. The molecular weight excluding hydrogens is 194 g/mol. The zero-order valence-corrected chi connectivity index (χ0v) is 9.11. The van der Waals surface area contributed by atoms with Crippen molar-refractivity contribution in [1.29, 1.82) is 0 Å². The lowest BCUT2D eigenvalue weighted by atomic mass is 10.1. The third-order valence-electron chi connectivity index (χ3n) is 2.11. The van der Waals surface area contributed by atoms with Crippen molar-refractivity contribution in [2.45, 2.75) is 13.0 Å². The summed E-state index contributed by atoms with van der Waals surface area (Å²) in [7, 11) is 2.95. The van der Waals surface area contributed by atoms with E-state index >= 15 is 0 Å². The molecule has 1 aromatic rings. The minimum atomic E-state index is -0.440. The average Bonchev–Trinajstić information content (AvgIpc) is 2.28. The topological polar surface area (TPSA) is 47.6 Å². The molecule has 15 heavy (non-hydrogen) atoms. The van der Waals surface area contributed by atoms with Crippen LogP contribution in [0.2, 0.25) is 0 Å². The van der Waals surface area contributed by atoms with Gasteiger partial charge in [0.2, 0.25) is 0 Å². The Hall–Kier alpha value is -1.71. The molecule has 1 atom stereocenters. The molecule has 0 aromatic heterocycles. The summed E-state index contributed by atoms with van der Waals surface area (Å²) in [6, 6.07) is 7.43. The van der Waals surface area contributed by atoms with Gasteiger partial charge in [0.1, 0.15) is 5.75 Å². The van der Waals surface area contributed by atoms with E-state index in [4.69, 9.17) is 4.74 Å². The molecule has 0 radical (unpaired) electrons. The Morgan fingerprint density at radius 3 is 2.73 bits per heavy atom. The van der Waals surface area contributed by atoms with Gasteiger partial charge >= 0.3 is 6.09 Å². The van der Waals surface area contributed by atoms with Crippen LogP contribution in [-0.4, -0.2) is 20.3 Å². The Kier molecular flexibility index (Phi) is 3.97. The number of rotatable bonds is 3. The molecule has 1 N–H and O–H groups in total. The maximum Gasteiger partial charge on any atom is 0.407 e. The number of hydrogen-bond acceptors (Lipinski definition) is 3. The van der Waals surface area contributed by atoms with Crippen molar-refractivity contribution in [3.8, 4) is 5.75 Å². The highest BCUT2D eigenvalue weighted by molar-refractivity contribution is 5.67. The molecule has 0 heterocycles. The molecule has 82 valence electrons. The Labute approximate surface area is 89.2 Å². The Bertz CT molecular complexity index is 338. The second-order valence-corrected chi connectivity index (χ2v) is 3.13. The van der Waals surface area contributed by atoms with E-state index in [9.17, 15) is 4.79 Å². The highest BCUT2D eigenvalue weighted by Crippen LogP contribution is 2.18. The minimum absolute atomic E-state index is 0.104. The van der Waals surface area contributed by atoms with Crippen LogP contribution in [-0.2, 0) is 4.74 Å². The van der Waals surface area contributed by atoms with E-state index in [0.29, 0.717) is 0 Å². The van der Waals surface area contributed by atoms with E-state index in [1.807, 2.05) is 31.2 Å². The summed E-state index contributed by atoms with van der Waals surface area (Å²) in [6.45, 7) is 1.88. The predicted molar refractivity (Wildman–Crippen MR) is 56.9 cm³/mol. The molecule has 0 saturated carbocycles. The zero-order chi connectivity index (χ0) is 11.3. The third kappa shape index (κ3) is 3.16. The van der Waals surface area contributed by atoms with Crippen LogP contribution in [0.4, 0.5) is 4.79 Å². The zero-order valence-electron chi connectivity index (χ0n) is 9.11. The summed E-state index contributed by atoms with van der Waals surface area (Å²) in [5.74, 6) is 0.769. The number of ether oxygens (including phenoxy) is 2. The monoisotopic (exact) mass is 209 g/mol. The van der Waals surface area contributed by atoms with Crippen molar-refractivity contribution < 1.29 is 14.3 Å². The number of alkyl carbamates (subject to hydrolysis) is 1. The van der Waals surface area contributed by atoms with E-state index in [1.54, 1.807) is 7.11 Å². The molecular formula is C11H15NO3. The van der Waals surface area contributed by atoms with Crippen LogP contribution in [0, 0.1) is 0 Å². The van der Waals surface area contributed by atoms with Gasteiger partial charge in [-0.05, 0) is 24.6 Å². The number of methoxy groups -OCH3 is 2. The molecule has 0 bridgehead atoms. The summed E-state index contributed by atoms with van der Waals surface area (Å²) < 4.78 is 9.61. The maximum atomic E-state index is 11.0. The van der Waals surface area contributed by atoms with Crippen LogP contribution in [0.15, 0.2) is 24.3 Å². The molecule has 1 rings (SSSR count). The van der Waals surface area contributed by atoms with Crippen LogP contribution in [0.25, 0.3) is 0 Å². The molecule has 0 saturated heterocycles. The molecule has 4 nitrogen and oxygen atoms in total. The lowest BCUT2D eigenvalue weighted by Crippen LogP contribution is -2.26. The van der Waals surface area contributed by atoms with Gasteiger partial charge < -0.3 is 14.8 Å². The van der Waals surface area contributed by atoms with Gasteiger partial charge in [0.05, 0.1) is 20.3 Å². The summed E-state index contributed by atoms with van der Waals surface area (Å²) in [5.41, 5.74) is 0.972. The molecule has 0 aliphatic heterocycles. The molecule has 0 aliphatic carbocycles. The van der Waals surface area contributed by atoms with Crippen molar-refractivity contribution in [3.63, 3.8) is 0 Å².